The molecule has 0 aromatic heterocycles. The Morgan fingerprint density at radius 3 is 2.09 bits per heavy atom. The second-order valence-electron chi connectivity index (χ2n) is 3.48. The van der Waals surface area contributed by atoms with Crippen molar-refractivity contribution in [3.05, 3.63) is 0 Å². The lowest BCUT2D eigenvalue weighted by Gasteiger charge is -2.15. The van der Waals surface area contributed by atoms with E-state index in [-0.39, 0.29) is 0 Å². The lowest BCUT2D eigenvalue weighted by molar-refractivity contribution is 0.420. The van der Waals surface area contributed by atoms with Crippen LogP contribution in [-0.2, 0) is 0 Å². The molecule has 1 heteroatoms. The Kier molecular flexibility index (Phi) is 6.63. The van der Waals surface area contributed by atoms with E-state index in [1.807, 2.05) is 0 Å². The Balaban J connectivity index is 3.34. The second-order valence-corrected chi connectivity index (χ2v) is 3.48. The van der Waals surface area contributed by atoms with Gasteiger partial charge in [0.25, 0.3) is 0 Å². The van der Waals surface area contributed by atoms with Crippen molar-refractivity contribution in [2.45, 2.75) is 52.5 Å². The molecule has 0 aromatic rings. The molecule has 0 aliphatic rings. The van der Waals surface area contributed by atoms with E-state index in [2.05, 4.69) is 33.1 Å². The minimum atomic E-state index is 0.740. The summed E-state index contributed by atoms with van der Waals surface area (Å²) < 4.78 is 0. The molecule has 0 saturated carbocycles. The van der Waals surface area contributed by atoms with Gasteiger partial charge in [0.05, 0.1) is 0 Å². The van der Waals surface area contributed by atoms with E-state index in [4.69, 9.17) is 0 Å². The highest BCUT2D eigenvalue weighted by molar-refractivity contribution is 4.63. The first-order chi connectivity index (χ1) is 5.24. The highest BCUT2D eigenvalue weighted by Crippen LogP contribution is 2.12. The van der Waals surface area contributed by atoms with Crippen LogP contribution < -0.4 is 5.32 Å². The first-order valence-electron chi connectivity index (χ1n) is 4.91. The first-order valence-corrected chi connectivity index (χ1v) is 4.91. The summed E-state index contributed by atoms with van der Waals surface area (Å²) in [6.07, 6.45) is 5.28. The van der Waals surface area contributed by atoms with Crippen LogP contribution >= 0.6 is 0 Å². The molecule has 11 heavy (non-hydrogen) atoms. The molecule has 1 unspecified atom stereocenters. The lowest BCUT2D eigenvalue weighted by Crippen LogP contribution is -2.24. The van der Waals surface area contributed by atoms with Crippen LogP contribution in [0.2, 0.25) is 0 Å². The average Bonchev–Trinajstić information content (AvgIpc) is 2.06. The maximum atomic E-state index is 3.33. The van der Waals surface area contributed by atoms with Gasteiger partial charge in [0, 0.05) is 6.04 Å². The molecule has 0 heterocycles. The smallest absolute Gasteiger partial charge is 0.00615 e. The Morgan fingerprint density at radius 1 is 1.09 bits per heavy atom. The summed E-state index contributed by atoms with van der Waals surface area (Å²) >= 11 is 0. The van der Waals surface area contributed by atoms with Crippen molar-refractivity contribution in [1.82, 2.24) is 5.32 Å². The van der Waals surface area contributed by atoms with Gasteiger partial charge in [-0.3, -0.25) is 0 Å². The molecule has 0 saturated heterocycles. The van der Waals surface area contributed by atoms with Crippen molar-refractivity contribution in [1.29, 1.82) is 0 Å². The van der Waals surface area contributed by atoms with Gasteiger partial charge in [-0.2, -0.15) is 0 Å². The largest absolute Gasteiger partial charge is 0.317 e. The lowest BCUT2D eigenvalue weighted by atomic mass is 9.98. The van der Waals surface area contributed by atoms with Crippen molar-refractivity contribution >= 4 is 0 Å². The fourth-order valence-electron chi connectivity index (χ4n) is 1.24. The molecule has 0 aliphatic carbocycles. The quantitative estimate of drug-likeness (QED) is 0.625. The summed E-state index contributed by atoms with van der Waals surface area (Å²) in [5.74, 6) is 0.900. The number of hydrogen-bond donors (Lipinski definition) is 1. The van der Waals surface area contributed by atoms with Gasteiger partial charge in [-0.1, -0.05) is 27.2 Å². The molecule has 68 valence electrons. The predicted octanol–water partition coefficient (Wildman–Crippen LogP) is 2.81. The molecule has 0 fully saturated rings. The second kappa shape index (κ2) is 6.66. The van der Waals surface area contributed by atoms with Gasteiger partial charge in [-0.15, -0.1) is 0 Å². The normalized spacial score (nSPS) is 16.4. The van der Waals surface area contributed by atoms with Crippen LogP contribution in [0.3, 0.4) is 0 Å². The minimum absolute atomic E-state index is 0.740. The number of rotatable bonds is 6. The molecule has 1 N–H and O–H groups in total. The van der Waals surface area contributed by atoms with E-state index in [0.29, 0.717) is 0 Å². The Labute approximate surface area is 71.6 Å². The fraction of sp³-hybridized carbons (Fsp3) is 1.00. The van der Waals surface area contributed by atoms with Crippen LogP contribution in [0.4, 0.5) is 0 Å². The van der Waals surface area contributed by atoms with Gasteiger partial charge >= 0.3 is 0 Å². The van der Waals surface area contributed by atoms with E-state index < -0.39 is 0 Å². The van der Waals surface area contributed by atoms with Gasteiger partial charge in [-0.25, -0.2) is 0 Å². The maximum Gasteiger partial charge on any atom is 0.00615 e. The van der Waals surface area contributed by atoms with Gasteiger partial charge in [-0.05, 0) is 32.2 Å². The first kappa shape index (κ1) is 11.0. The van der Waals surface area contributed by atoms with Crippen LogP contribution in [0, 0.1) is 5.92 Å². The summed E-state index contributed by atoms with van der Waals surface area (Å²) in [7, 11) is 2.06. The number of nitrogens with one attached hydrogen (secondary N) is 1. The molecule has 0 rings (SSSR count). The Hall–Kier alpha value is -0.0400. The van der Waals surface area contributed by atoms with Crippen LogP contribution in [0.5, 0.6) is 0 Å². The molecule has 1 nitrogen and oxygen atoms in total. The molecular weight excluding hydrogens is 134 g/mol. The average molecular weight is 157 g/mol. The molecule has 0 aromatic carbocycles. The van der Waals surface area contributed by atoms with Crippen molar-refractivity contribution in [3.8, 4) is 0 Å². The molecule has 2 atom stereocenters. The van der Waals surface area contributed by atoms with Crippen LogP contribution in [0.1, 0.15) is 46.5 Å². The molecular formula is C10H23N. The van der Waals surface area contributed by atoms with Gasteiger partial charge < -0.3 is 5.32 Å². The van der Waals surface area contributed by atoms with Crippen molar-refractivity contribution in [2.24, 2.45) is 5.92 Å². The minimum Gasteiger partial charge on any atom is -0.317 e. The zero-order chi connectivity index (χ0) is 8.69. The summed E-state index contributed by atoms with van der Waals surface area (Å²) in [5, 5.41) is 3.33. The highest BCUT2D eigenvalue weighted by atomic mass is 14.9. The SMILES string of the molecule is CCC(CC[C@H](C)CC)NC. The third-order valence-electron chi connectivity index (χ3n) is 2.61. The monoisotopic (exact) mass is 157 g/mol. The predicted molar refractivity (Wildman–Crippen MR) is 51.8 cm³/mol. The zero-order valence-electron chi connectivity index (χ0n) is 8.48. The summed E-state index contributed by atoms with van der Waals surface area (Å²) in [6, 6.07) is 0.740. The standard InChI is InChI=1S/C10H23N/c1-5-9(3)7-8-10(6-2)11-4/h9-11H,5-8H2,1-4H3/t9-,10?/m1/s1. The van der Waals surface area contributed by atoms with E-state index in [1.54, 1.807) is 0 Å². The third-order valence-corrected chi connectivity index (χ3v) is 2.61. The Bertz CT molecular complexity index is 76.9. The van der Waals surface area contributed by atoms with E-state index >= 15 is 0 Å². The summed E-state index contributed by atoms with van der Waals surface area (Å²) in [5.41, 5.74) is 0. The van der Waals surface area contributed by atoms with Gasteiger partial charge in [0.1, 0.15) is 0 Å². The zero-order valence-corrected chi connectivity index (χ0v) is 8.48. The Morgan fingerprint density at radius 2 is 1.73 bits per heavy atom. The van der Waals surface area contributed by atoms with E-state index in [0.717, 1.165) is 12.0 Å². The van der Waals surface area contributed by atoms with Crippen molar-refractivity contribution in [2.75, 3.05) is 7.05 Å². The molecule has 0 spiro atoms. The van der Waals surface area contributed by atoms with Crippen LogP contribution in [0.15, 0.2) is 0 Å². The third kappa shape index (κ3) is 5.25. The van der Waals surface area contributed by atoms with Crippen molar-refractivity contribution in [3.63, 3.8) is 0 Å². The summed E-state index contributed by atoms with van der Waals surface area (Å²) in [4.78, 5) is 0. The molecule has 0 bridgehead atoms. The maximum absolute atomic E-state index is 3.33. The highest BCUT2D eigenvalue weighted by Gasteiger charge is 2.04. The van der Waals surface area contributed by atoms with Crippen molar-refractivity contribution < 1.29 is 0 Å². The fourth-order valence-corrected chi connectivity index (χ4v) is 1.24. The molecule has 0 radical (unpaired) electrons. The molecule has 0 amide bonds. The number of hydrogen-bond acceptors (Lipinski definition) is 1. The van der Waals surface area contributed by atoms with Crippen LogP contribution in [0.25, 0.3) is 0 Å². The van der Waals surface area contributed by atoms with Gasteiger partial charge in [0.2, 0.25) is 0 Å². The topological polar surface area (TPSA) is 12.0 Å². The summed E-state index contributed by atoms with van der Waals surface area (Å²) in [6.45, 7) is 6.85. The van der Waals surface area contributed by atoms with Gasteiger partial charge in [0.15, 0.2) is 0 Å². The van der Waals surface area contributed by atoms with E-state index in [9.17, 15) is 0 Å². The molecule has 0 aliphatic heterocycles. The van der Waals surface area contributed by atoms with E-state index in [1.165, 1.54) is 25.7 Å². The van der Waals surface area contributed by atoms with Crippen LogP contribution in [-0.4, -0.2) is 13.1 Å².